The molecule has 166 valence electrons. The lowest BCUT2D eigenvalue weighted by Crippen LogP contribution is -2.18. The van der Waals surface area contributed by atoms with Gasteiger partial charge in [-0.05, 0) is 30.3 Å². The summed E-state index contributed by atoms with van der Waals surface area (Å²) in [6.07, 6.45) is 0. The van der Waals surface area contributed by atoms with Crippen LogP contribution in [-0.4, -0.2) is 34.5 Å². The zero-order valence-electron chi connectivity index (χ0n) is 17.6. The molecule has 0 aliphatic carbocycles. The summed E-state index contributed by atoms with van der Waals surface area (Å²) in [6.45, 7) is 6.03. The molecule has 0 aliphatic rings. The molecule has 4 aromatic rings. The summed E-state index contributed by atoms with van der Waals surface area (Å²) in [7, 11) is -4.03. The molecule has 2 heterocycles. The van der Waals surface area contributed by atoms with Crippen LogP contribution >= 0.6 is 0 Å². The van der Waals surface area contributed by atoms with Crippen molar-refractivity contribution in [2.24, 2.45) is 0 Å². The highest BCUT2D eigenvalue weighted by atomic mass is 32.2. The molecule has 32 heavy (non-hydrogen) atoms. The second kappa shape index (κ2) is 7.68. The fourth-order valence-electron chi connectivity index (χ4n) is 3.11. The molecule has 0 fully saturated rings. The van der Waals surface area contributed by atoms with Crippen molar-refractivity contribution in [3.63, 3.8) is 0 Å². The third kappa shape index (κ3) is 4.28. The second-order valence-electron chi connectivity index (χ2n) is 8.31. The van der Waals surface area contributed by atoms with Gasteiger partial charge in [0.25, 0.3) is 15.9 Å². The quantitative estimate of drug-likeness (QED) is 0.314. The number of fused-ring (bicyclic) bond motifs is 1. The van der Waals surface area contributed by atoms with Crippen molar-refractivity contribution >= 4 is 38.5 Å². The third-order valence-electron chi connectivity index (χ3n) is 4.84. The number of nitrogens with one attached hydrogen (secondary N) is 5. The van der Waals surface area contributed by atoms with E-state index in [1.54, 1.807) is 18.2 Å². The summed E-state index contributed by atoms with van der Waals surface area (Å²) in [5.41, 5.74) is 1.33. The first-order chi connectivity index (χ1) is 15.0. The zero-order chi connectivity index (χ0) is 23.1. The molecule has 2 aromatic heterocycles. The van der Waals surface area contributed by atoms with Crippen LogP contribution in [0.4, 0.5) is 11.5 Å². The molecule has 0 saturated heterocycles. The molecule has 0 radical (unpaired) electrons. The van der Waals surface area contributed by atoms with Gasteiger partial charge in [-0.1, -0.05) is 32.9 Å². The number of amides is 1. The Hall–Kier alpha value is -3.86. The van der Waals surface area contributed by atoms with Gasteiger partial charge in [-0.3, -0.25) is 14.6 Å². The number of aromatic amines is 3. The van der Waals surface area contributed by atoms with Gasteiger partial charge in [-0.15, -0.1) is 0 Å². The molecule has 0 bridgehead atoms. The average Bonchev–Trinajstić information content (AvgIpc) is 3.32. The van der Waals surface area contributed by atoms with Crippen LogP contribution in [-0.2, 0) is 15.4 Å². The lowest BCUT2D eigenvalue weighted by Gasteiger charge is -2.14. The lowest BCUT2D eigenvalue weighted by molar-refractivity contribution is 0.102. The standard InChI is InChI=1S/C21H22N6O4S/c1-21(2,3)17-11-18(26-25-17)24-19(28)13-6-4-5-7-14(13)27-32(30,31)12-8-9-15-16(10-12)23-20(29)22-15/h4-11,27H,1-3H3,(H2,22,23,29)(H2,24,25,26,28). The maximum absolute atomic E-state index is 12.9. The minimum atomic E-state index is -4.03. The number of imidazole rings is 1. The lowest BCUT2D eigenvalue weighted by atomic mass is 9.92. The van der Waals surface area contributed by atoms with Gasteiger partial charge in [0, 0.05) is 17.2 Å². The minimum Gasteiger partial charge on any atom is -0.306 e. The van der Waals surface area contributed by atoms with E-state index in [0.717, 1.165) is 5.69 Å². The summed E-state index contributed by atoms with van der Waals surface area (Å²) in [4.78, 5) is 29.3. The topological polar surface area (TPSA) is 153 Å². The van der Waals surface area contributed by atoms with Crippen molar-refractivity contribution < 1.29 is 13.2 Å². The van der Waals surface area contributed by atoms with E-state index in [-0.39, 0.29) is 21.6 Å². The Morgan fingerprint density at radius 1 is 1.00 bits per heavy atom. The predicted molar refractivity (Wildman–Crippen MR) is 121 cm³/mol. The number of carbonyl (C=O) groups excluding carboxylic acids is 1. The molecule has 10 nitrogen and oxygen atoms in total. The van der Waals surface area contributed by atoms with Crippen molar-refractivity contribution in [1.82, 2.24) is 20.2 Å². The van der Waals surface area contributed by atoms with Crippen LogP contribution in [0.2, 0.25) is 0 Å². The molecule has 2 aromatic carbocycles. The van der Waals surface area contributed by atoms with E-state index < -0.39 is 21.6 Å². The largest absolute Gasteiger partial charge is 0.323 e. The Balaban J connectivity index is 1.60. The number of carbonyl (C=O) groups is 1. The summed E-state index contributed by atoms with van der Waals surface area (Å²) in [5, 5.41) is 9.68. The maximum Gasteiger partial charge on any atom is 0.323 e. The van der Waals surface area contributed by atoms with Gasteiger partial charge in [-0.2, -0.15) is 5.10 Å². The Morgan fingerprint density at radius 3 is 2.44 bits per heavy atom. The summed E-state index contributed by atoms with van der Waals surface area (Å²) in [5.74, 6) is -0.180. The van der Waals surface area contributed by atoms with E-state index >= 15 is 0 Å². The van der Waals surface area contributed by atoms with E-state index in [9.17, 15) is 18.0 Å². The van der Waals surface area contributed by atoms with Gasteiger partial charge < -0.3 is 15.3 Å². The van der Waals surface area contributed by atoms with E-state index in [1.807, 2.05) is 20.8 Å². The first kappa shape index (κ1) is 21.4. The molecule has 4 rings (SSSR count). The van der Waals surface area contributed by atoms with Crippen LogP contribution in [0, 0.1) is 0 Å². The molecule has 0 unspecified atom stereocenters. The van der Waals surface area contributed by atoms with Crippen molar-refractivity contribution in [3.8, 4) is 0 Å². The van der Waals surface area contributed by atoms with Crippen LogP contribution in [0.25, 0.3) is 11.0 Å². The van der Waals surface area contributed by atoms with Crippen molar-refractivity contribution in [3.05, 3.63) is 70.3 Å². The highest BCUT2D eigenvalue weighted by Gasteiger charge is 2.21. The fraction of sp³-hybridized carbons (Fsp3) is 0.190. The summed E-state index contributed by atoms with van der Waals surface area (Å²) < 4.78 is 28.3. The Bertz CT molecular complexity index is 1470. The number of H-pyrrole nitrogens is 3. The van der Waals surface area contributed by atoms with E-state index in [4.69, 9.17) is 0 Å². The molecule has 0 aliphatic heterocycles. The monoisotopic (exact) mass is 454 g/mol. The molecule has 0 spiro atoms. The van der Waals surface area contributed by atoms with Crippen LogP contribution < -0.4 is 15.7 Å². The van der Waals surface area contributed by atoms with Crippen LogP contribution in [0.1, 0.15) is 36.8 Å². The van der Waals surface area contributed by atoms with Gasteiger partial charge >= 0.3 is 5.69 Å². The number of hydrogen-bond acceptors (Lipinski definition) is 5. The smallest absolute Gasteiger partial charge is 0.306 e. The molecule has 5 N–H and O–H groups in total. The number of anilines is 2. The number of rotatable bonds is 5. The predicted octanol–water partition coefficient (Wildman–Crippen LogP) is 2.93. The first-order valence-corrected chi connectivity index (χ1v) is 11.2. The SMILES string of the molecule is CC(C)(C)c1cc(NC(=O)c2ccccc2NS(=O)(=O)c2ccc3[nH]c(=O)[nH]c3c2)n[nH]1. The van der Waals surface area contributed by atoms with E-state index in [1.165, 1.54) is 30.3 Å². The molecular weight excluding hydrogens is 432 g/mol. The van der Waals surface area contributed by atoms with E-state index in [2.05, 4.69) is 30.2 Å². The highest BCUT2D eigenvalue weighted by molar-refractivity contribution is 7.92. The molecule has 0 saturated carbocycles. The summed E-state index contributed by atoms with van der Waals surface area (Å²) >= 11 is 0. The second-order valence-corrected chi connectivity index (χ2v) is 9.99. The highest BCUT2D eigenvalue weighted by Crippen LogP contribution is 2.24. The Labute approximate surface area is 183 Å². The first-order valence-electron chi connectivity index (χ1n) is 9.74. The van der Waals surface area contributed by atoms with Crippen molar-refractivity contribution in [2.75, 3.05) is 10.0 Å². The van der Waals surface area contributed by atoms with Gasteiger partial charge in [0.05, 0.1) is 27.2 Å². The van der Waals surface area contributed by atoms with Gasteiger partial charge in [0.15, 0.2) is 5.82 Å². The number of hydrogen-bond donors (Lipinski definition) is 5. The van der Waals surface area contributed by atoms with Crippen molar-refractivity contribution in [2.45, 2.75) is 31.1 Å². The van der Waals surface area contributed by atoms with Crippen LogP contribution in [0.5, 0.6) is 0 Å². The Kier molecular flexibility index (Phi) is 5.13. The molecule has 0 atom stereocenters. The summed E-state index contributed by atoms with van der Waals surface area (Å²) in [6, 6.07) is 12.2. The fourth-order valence-corrected chi connectivity index (χ4v) is 4.21. The number of sulfonamides is 1. The minimum absolute atomic E-state index is 0.0578. The van der Waals surface area contributed by atoms with E-state index in [0.29, 0.717) is 16.9 Å². The van der Waals surface area contributed by atoms with Gasteiger partial charge in [-0.25, -0.2) is 13.2 Å². The number of nitrogens with zero attached hydrogens (tertiary/aromatic N) is 1. The normalized spacial score (nSPS) is 12.1. The average molecular weight is 455 g/mol. The number of para-hydroxylation sites is 1. The van der Waals surface area contributed by atoms with Gasteiger partial charge in [0.1, 0.15) is 0 Å². The van der Waals surface area contributed by atoms with Crippen molar-refractivity contribution in [1.29, 1.82) is 0 Å². The molecule has 11 heteroatoms. The maximum atomic E-state index is 12.9. The van der Waals surface area contributed by atoms with Crippen LogP contribution in [0.3, 0.4) is 0 Å². The van der Waals surface area contributed by atoms with Gasteiger partial charge in [0.2, 0.25) is 0 Å². The zero-order valence-corrected chi connectivity index (χ0v) is 18.4. The number of benzene rings is 2. The molecular formula is C21H22N6O4S. The third-order valence-corrected chi connectivity index (χ3v) is 6.20. The number of aromatic nitrogens is 4. The van der Waals surface area contributed by atoms with Crippen LogP contribution in [0.15, 0.2) is 58.2 Å². The molecule has 1 amide bonds. The Morgan fingerprint density at radius 2 is 1.72 bits per heavy atom.